The highest BCUT2D eigenvalue weighted by Gasteiger charge is 2.68. The predicted octanol–water partition coefficient (Wildman–Crippen LogP) is 7.23. The second-order valence-electron chi connectivity index (χ2n) is 14.2. The lowest BCUT2D eigenvalue weighted by molar-refractivity contribution is -0.340. The first-order chi connectivity index (χ1) is 24.3. The predicted molar refractivity (Wildman–Crippen MR) is 162 cm³/mol. The van der Waals surface area contributed by atoms with Gasteiger partial charge >= 0.3 is 24.6 Å². The van der Waals surface area contributed by atoms with Crippen LogP contribution in [0.3, 0.4) is 0 Å². The molecule has 3 amide bonds. The van der Waals surface area contributed by atoms with Gasteiger partial charge in [-0.15, -0.1) is 0 Å². The zero-order valence-corrected chi connectivity index (χ0v) is 28.2. The summed E-state index contributed by atoms with van der Waals surface area (Å²) in [7, 11) is 0. The van der Waals surface area contributed by atoms with Crippen LogP contribution >= 0.6 is 0 Å². The molecule has 1 aromatic heterocycles. The van der Waals surface area contributed by atoms with E-state index in [1.54, 1.807) is 4.90 Å². The lowest BCUT2D eigenvalue weighted by Crippen LogP contribution is -2.58. The van der Waals surface area contributed by atoms with Crippen LogP contribution in [-0.2, 0) is 22.3 Å². The molecule has 288 valence electrons. The second-order valence-corrected chi connectivity index (χ2v) is 14.2. The summed E-state index contributed by atoms with van der Waals surface area (Å²) < 4.78 is 137. The molecule has 6 rings (SSSR count). The minimum Gasteiger partial charge on any atom is -0.492 e. The van der Waals surface area contributed by atoms with Gasteiger partial charge in [0.05, 0.1) is 5.56 Å². The lowest BCUT2D eigenvalue weighted by Gasteiger charge is -2.47. The zero-order chi connectivity index (χ0) is 37.7. The minimum absolute atomic E-state index is 0.211. The van der Waals surface area contributed by atoms with Crippen molar-refractivity contribution >= 4 is 11.9 Å². The van der Waals surface area contributed by atoms with Gasteiger partial charge in [0.25, 0.3) is 5.91 Å². The van der Waals surface area contributed by atoms with Gasteiger partial charge in [-0.1, -0.05) is 11.6 Å². The van der Waals surface area contributed by atoms with Crippen LogP contribution in [0.25, 0.3) is 11.4 Å². The van der Waals surface area contributed by atoms with Crippen molar-refractivity contribution in [1.82, 2.24) is 24.8 Å². The van der Waals surface area contributed by atoms with E-state index in [1.165, 1.54) is 0 Å². The minimum atomic E-state index is -5.88. The van der Waals surface area contributed by atoms with E-state index < -0.39 is 71.7 Å². The Kier molecular flexibility index (Phi) is 10.3. The molecule has 4 fully saturated rings. The van der Waals surface area contributed by atoms with Crippen LogP contribution in [-0.4, -0.2) is 100 Å². The summed E-state index contributed by atoms with van der Waals surface area (Å²) in [5.41, 5.74) is -7.57. The monoisotopic (exact) mass is 755 g/mol. The molecule has 1 spiro atoms. The first kappa shape index (κ1) is 38.1. The molecular weight excluding hydrogens is 717 g/mol. The molecule has 0 N–H and O–H groups in total. The van der Waals surface area contributed by atoms with Crippen LogP contribution in [0.2, 0.25) is 0 Å². The Morgan fingerprint density at radius 2 is 1.60 bits per heavy atom. The molecule has 3 aliphatic heterocycles. The number of ether oxygens (including phenoxy) is 2. The van der Waals surface area contributed by atoms with E-state index in [4.69, 9.17) is 9.26 Å². The number of carbonyl (C=O) groups is 2. The summed E-state index contributed by atoms with van der Waals surface area (Å²) in [5.74, 6) is -2.08. The van der Waals surface area contributed by atoms with E-state index in [-0.39, 0.29) is 18.4 Å². The van der Waals surface area contributed by atoms with Gasteiger partial charge in [-0.05, 0) is 76.0 Å². The lowest BCUT2D eigenvalue weighted by atomic mass is 9.82. The molecule has 0 unspecified atom stereocenters. The van der Waals surface area contributed by atoms with E-state index >= 15 is 0 Å². The van der Waals surface area contributed by atoms with E-state index in [9.17, 15) is 49.1 Å². The number of piperidine rings is 1. The SMILES string of the molecule is CC(COc1ccc(-c2noc(CN3C(=O)N(CCC4CCOCC4)C4(CCN(C5CCC5)CC4)C3=O)n2)cc1C(F)(F)F)(C(F)(F)F)C(F)(F)F. The highest BCUT2D eigenvalue weighted by molar-refractivity contribution is 6.07. The number of amides is 3. The number of carbonyl (C=O) groups excluding carboxylic acids is 2. The van der Waals surface area contributed by atoms with Gasteiger partial charge in [0.1, 0.15) is 24.4 Å². The molecule has 2 aromatic rings. The van der Waals surface area contributed by atoms with Gasteiger partial charge in [-0.2, -0.15) is 44.5 Å². The number of aromatic nitrogens is 2. The van der Waals surface area contributed by atoms with Crippen molar-refractivity contribution in [3.8, 4) is 17.1 Å². The third-order valence-electron chi connectivity index (χ3n) is 11.0. The van der Waals surface area contributed by atoms with Gasteiger partial charge < -0.3 is 23.8 Å². The summed E-state index contributed by atoms with van der Waals surface area (Å²) in [6.07, 6.45) is -10.4. The van der Waals surface area contributed by atoms with Crippen molar-refractivity contribution in [2.24, 2.45) is 11.3 Å². The smallest absolute Gasteiger partial charge is 0.419 e. The molecule has 1 aromatic carbocycles. The van der Waals surface area contributed by atoms with E-state index in [1.807, 2.05) is 0 Å². The molecule has 0 bridgehead atoms. The molecule has 4 heterocycles. The molecule has 0 atom stereocenters. The zero-order valence-electron chi connectivity index (χ0n) is 28.2. The molecule has 10 nitrogen and oxygen atoms in total. The number of hydrogen-bond donors (Lipinski definition) is 0. The Hall–Kier alpha value is -3.61. The Balaban J connectivity index is 1.20. The number of hydrogen-bond acceptors (Lipinski definition) is 8. The fourth-order valence-corrected chi connectivity index (χ4v) is 7.21. The fourth-order valence-electron chi connectivity index (χ4n) is 7.21. The quantitative estimate of drug-likeness (QED) is 0.185. The van der Waals surface area contributed by atoms with E-state index in [2.05, 4.69) is 19.8 Å². The molecule has 52 heavy (non-hydrogen) atoms. The Bertz CT molecular complexity index is 1600. The van der Waals surface area contributed by atoms with Crippen molar-refractivity contribution in [2.45, 2.75) is 94.9 Å². The summed E-state index contributed by atoms with van der Waals surface area (Å²) in [5, 5.41) is 3.67. The van der Waals surface area contributed by atoms with Gasteiger partial charge in [0, 0.05) is 44.5 Å². The maximum absolute atomic E-state index is 14.1. The Morgan fingerprint density at radius 1 is 0.942 bits per heavy atom. The number of likely N-dealkylation sites (tertiary alicyclic amines) is 1. The van der Waals surface area contributed by atoms with E-state index in [0.29, 0.717) is 76.2 Å². The highest BCUT2D eigenvalue weighted by Crippen LogP contribution is 2.51. The number of halogens is 9. The second kappa shape index (κ2) is 14.0. The molecular formula is C33H38F9N5O5. The number of alkyl halides is 9. The summed E-state index contributed by atoms with van der Waals surface area (Å²) in [4.78, 5) is 37.1. The number of benzene rings is 1. The third-order valence-corrected chi connectivity index (χ3v) is 11.0. The fraction of sp³-hybridized carbons (Fsp3) is 0.697. The van der Waals surface area contributed by atoms with Crippen LogP contribution in [0.4, 0.5) is 44.3 Å². The van der Waals surface area contributed by atoms with Crippen LogP contribution in [0, 0.1) is 11.3 Å². The molecule has 1 saturated carbocycles. The van der Waals surface area contributed by atoms with Crippen molar-refractivity contribution in [1.29, 1.82) is 0 Å². The molecule has 4 aliphatic rings. The summed E-state index contributed by atoms with van der Waals surface area (Å²) >= 11 is 0. The highest BCUT2D eigenvalue weighted by atomic mass is 19.4. The average Bonchev–Trinajstić information content (AvgIpc) is 3.59. The van der Waals surface area contributed by atoms with Crippen molar-refractivity contribution < 1.29 is 63.1 Å². The molecule has 1 aliphatic carbocycles. The third kappa shape index (κ3) is 7.18. The van der Waals surface area contributed by atoms with Crippen molar-refractivity contribution in [2.75, 3.05) is 39.5 Å². The van der Waals surface area contributed by atoms with Crippen LogP contribution < -0.4 is 4.74 Å². The van der Waals surface area contributed by atoms with Gasteiger partial charge in [-0.25, -0.2) is 4.79 Å². The maximum Gasteiger partial charge on any atom is 0.419 e. The molecule has 3 saturated heterocycles. The van der Waals surface area contributed by atoms with Gasteiger partial charge in [0.15, 0.2) is 5.41 Å². The summed E-state index contributed by atoms with van der Waals surface area (Å²) in [6.45, 7) is 0.0413. The topological polar surface area (TPSA) is 101 Å². The van der Waals surface area contributed by atoms with Crippen LogP contribution in [0.15, 0.2) is 22.7 Å². The first-order valence-corrected chi connectivity index (χ1v) is 17.1. The average molecular weight is 756 g/mol. The Morgan fingerprint density at radius 3 is 2.17 bits per heavy atom. The molecule has 19 heteroatoms. The van der Waals surface area contributed by atoms with Crippen LogP contribution in [0.5, 0.6) is 5.75 Å². The number of rotatable bonds is 10. The first-order valence-electron chi connectivity index (χ1n) is 17.1. The largest absolute Gasteiger partial charge is 0.492 e. The standard InChI is InChI=1S/C33H38F9N5O5/c1-29(32(37,38)39,33(40,41)42)19-51-24-6-5-21(17-23(24)31(34,35)36)26-43-25(52-44-26)18-46-27(48)30(10-13-45(14-11-30)22-3-2-4-22)47(28(46)49)12-7-20-8-15-50-16-9-20/h5-6,17,20,22H,2-4,7-16,18-19H2,1H3. The number of imide groups is 1. The number of nitrogens with zero attached hydrogens (tertiary/aromatic N) is 5. The number of urea groups is 1. The van der Waals surface area contributed by atoms with Gasteiger partial charge in [-0.3, -0.25) is 9.69 Å². The van der Waals surface area contributed by atoms with Crippen molar-refractivity contribution in [3.05, 3.63) is 29.7 Å². The van der Waals surface area contributed by atoms with Crippen molar-refractivity contribution in [3.63, 3.8) is 0 Å². The summed E-state index contributed by atoms with van der Waals surface area (Å²) in [6, 6.07) is 1.79. The van der Waals surface area contributed by atoms with Gasteiger partial charge in [0.2, 0.25) is 11.7 Å². The normalized spacial score (nSPS) is 21.3. The Labute approximate surface area is 292 Å². The molecule has 0 radical (unpaired) electrons. The maximum atomic E-state index is 14.1. The van der Waals surface area contributed by atoms with E-state index in [0.717, 1.165) is 43.1 Å². The van der Waals surface area contributed by atoms with Crippen LogP contribution in [0.1, 0.15) is 69.7 Å².